The minimum absolute atomic E-state index is 0.707. The highest BCUT2D eigenvalue weighted by Gasteiger charge is 2.15. The normalized spacial score (nSPS) is 16.8. The molecule has 2 aromatic rings. The first kappa shape index (κ1) is 12.1. The lowest BCUT2D eigenvalue weighted by Crippen LogP contribution is -2.26. The quantitative estimate of drug-likeness (QED) is 0.889. The van der Waals surface area contributed by atoms with Gasteiger partial charge in [-0.05, 0) is 25.0 Å². The number of fused-ring (bicyclic) bond motifs is 1. The van der Waals surface area contributed by atoms with Crippen molar-refractivity contribution in [3.63, 3.8) is 0 Å². The zero-order valence-corrected chi connectivity index (χ0v) is 11.5. The average Bonchev–Trinajstić information content (AvgIpc) is 2.96. The zero-order chi connectivity index (χ0) is 12.5. The fourth-order valence-electron chi connectivity index (χ4n) is 2.97. The standard InChI is InChI=1S/C15H19ClN2/c1-18-13(10-17-12-6-2-3-7-12)9-11-5-4-8-14(16)15(11)18/h4-5,8-9,12,17H,2-3,6-7,10H2,1H3. The number of aromatic nitrogens is 1. The third kappa shape index (κ3) is 2.15. The van der Waals surface area contributed by atoms with Crippen LogP contribution in [0.3, 0.4) is 0 Å². The van der Waals surface area contributed by atoms with E-state index in [4.69, 9.17) is 11.6 Å². The minimum atomic E-state index is 0.707. The van der Waals surface area contributed by atoms with Gasteiger partial charge in [0.25, 0.3) is 0 Å². The average molecular weight is 263 g/mol. The first-order chi connectivity index (χ1) is 8.75. The molecule has 0 saturated heterocycles. The number of hydrogen-bond donors (Lipinski definition) is 1. The molecule has 1 heterocycles. The van der Waals surface area contributed by atoms with E-state index in [0.717, 1.165) is 17.1 Å². The molecule has 0 unspecified atom stereocenters. The van der Waals surface area contributed by atoms with Gasteiger partial charge in [-0.25, -0.2) is 0 Å². The van der Waals surface area contributed by atoms with Gasteiger partial charge in [0, 0.05) is 30.7 Å². The predicted octanol–water partition coefficient (Wildman–Crippen LogP) is 3.86. The maximum atomic E-state index is 6.26. The Bertz CT molecular complexity index is 553. The smallest absolute Gasteiger partial charge is 0.0669 e. The summed E-state index contributed by atoms with van der Waals surface area (Å²) in [6.07, 6.45) is 5.40. The van der Waals surface area contributed by atoms with Crippen LogP contribution in [-0.2, 0) is 13.6 Å². The molecule has 0 radical (unpaired) electrons. The lowest BCUT2D eigenvalue weighted by atomic mass is 10.2. The molecule has 1 aromatic heterocycles. The van der Waals surface area contributed by atoms with Crippen molar-refractivity contribution in [2.75, 3.05) is 0 Å². The molecule has 1 N–H and O–H groups in total. The van der Waals surface area contributed by atoms with Crippen LogP contribution in [0.2, 0.25) is 5.02 Å². The molecule has 2 nitrogen and oxygen atoms in total. The van der Waals surface area contributed by atoms with E-state index in [1.807, 2.05) is 12.1 Å². The summed E-state index contributed by atoms with van der Waals surface area (Å²) >= 11 is 6.26. The highest BCUT2D eigenvalue weighted by atomic mass is 35.5. The van der Waals surface area contributed by atoms with Crippen LogP contribution >= 0.6 is 11.6 Å². The van der Waals surface area contributed by atoms with Crippen LogP contribution in [0.1, 0.15) is 31.4 Å². The maximum absolute atomic E-state index is 6.26. The highest BCUT2D eigenvalue weighted by molar-refractivity contribution is 6.35. The third-order valence-electron chi connectivity index (χ3n) is 4.03. The van der Waals surface area contributed by atoms with Crippen molar-refractivity contribution >= 4 is 22.5 Å². The largest absolute Gasteiger partial charge is 0.345 e. The van der Waals surface area contributed by atoms with Crippen molar-refractivity contribution in [1.29, 1.82) is 0 Å². The Morgan fingerprint density at radius 3 is 2.83 bits per heavy atom. The van der Waals surface area contributed by atoms with Gasteiger partial charge >= 0.3 is 0 Å². The summed E-state index contributed by atoms with van der Waals surface area (Å²) in [6.45, 7) is 0.937. The molecule has 96 valence electrons. The van der Waals surface area contributed by atoms with Gasteiger partial charge < -0.3 is 9.88 Å². The SMILES string of the molecule is Cn1c(CNC2CCCC2)cc2cccc(Cl)c21. The van der Waals surface area contributed by atoms with Gasteiger partial charge in [-0.15, -0.1) is 0 Å². The van der Waals surface area contributed by atoms with E-state index in [-0.39, 0.29) is 0 Å². The Kier molecular flexibility index (Phi) is 3.31. The van der Waals surface area contributed by atoms with Crippen LogP contribution in [0.4, 0.5) is 0 Å². The fraction of sp³-hybridized carbons (Fsp3) is 0.467. The molecule has 0 spiro atoms. The molecule has 1 aromatic carbocycles. The summed E-state index contributed by atoms with van der Waals surface area (Å²) in [7, 11) is 2.10. The molecule has 3 rings (SSSR count). The number of benzene rings is 1. The van der Waals surface area contributed by atoms with Gasteiger partial charge in [0.15, 0.2) is 0 Å². The predicted molar refractivity (Wildman–Crippen MR) is 77.0 cm³/mol. The number of nitrogens with zero attached hydrogens (tertiary/aromatic N) is 1. The van der Waals surface area contributed by atoms with Crippen LogP contribution < -0.4 is 5.32 Å². The highest BCUT2D eigenvalue weighted by Crippen LogP contribution is 2.26. The minimum Gasteiger partial charge on any atom is -0.345 e. The van der Waals surface area contributed by atoms with Crippen LogP contribution in [0.5, 0.6) is 0 Å². The van der Waals surface area contributed by atoms with E-state index in [1.54, 1.807) is 0 Å². The Morgan fingerprint density at radius 1 is 1.33 bits per heavy atom. The first-order valence-electron chi connectivity index (χ1n) is 6.72. The second kappa shape index (κ2) is 4.94. The summed E-state index contributed by atoms with van der Waals surface area (Å²) < 4.78 is 2.21. The van der Waals surface area contributed by atoms with E-state index in [9.17, 15) is 0 Å². The van der Waals surface area contributed by atoms with Crippen molar-refractivity contribution in [3.8, 4) is 0 Å². The number of rotatable bonds is 3. The number of halogens is 1. The van der Waals surface area contributed by atoms with Crippen molar-refractivity contribution in [2.45, 2.75) is 38.3 Å². The number of nitrogens with one attached hydrogen (secondary N) is 1. The topological polar surface area (TPSA) is 17.0 Å². The molecule has 1 fully saturated rings. The van der Waals surface area contributed by atoms with E-state index in [0.29, 0.717) is 6.04 Å². The molecule has 0 amide bonds. The van der Waals surface area contributed by atoms with Crippen molar-refractivity contribution in [1.82, 2.24) is 9.88 Å². The van der Waals surface area contributed by atoms with Gasteiger partial charge in [-0.3, -0.25) is 0 Å². The van der Waals surface area contributed by atoms with Gasteiger partial charge in [-0.1, -0.05) is 36.6 Å². The molecule has 0 atom stereocenters. The monoisotopic (exact) mass is 262 g/mol. The van der Waals surface area contributed by atoms with Gasteiger partial charge in [0.2, 0.25) is 0 Å². The molecule has 1 aliphatic rings. The van der Waals surface area contributed by atoms with Crippen LogP contribution in [0, 0.1) is 0 Å². The zero-order valence-electron chi connectivity index (χ0n) is 10.7. The number of hydrogen-bond acceptors (Lipinski definition) is 1. The van der Waals surface area contributed by atoms with E-state index >= 15 is 0 Å². The summed E-state index contributed by atoms with van der Waals surface area (Å²) in [5, 5.41) is 5.72. The van der Waals surface area contributed by atoms with Gasteiger partial charge in [-0.2, -0.15) is 0 Å². The van der Waals surface area contributed by atoms with Crippen molar-refractivity contribution < 1.29 is 0 Å². The van der Waals surface area contributed by atoms with Crippen molar-refractivity contribution in [2.24, 2.45) is 7.05 Å². The summed E-state index contributed by atoms with van der Waals surface area (Å²) in [5.41, 5.74) is 2.45. The molecule has 0 aliphatic heterocycles. The van der Waals surface area contributed by atoms with Gasteiger partial charge in [0.1, 0.15) is 0 Å². The van der Waals surface area contributed by atoms with Crippen molar-refractivity contribution in [3.05, 3.63) is 35.0 Å². The maximum Gasteiger partial charge on any atom is 0.0669 e. The van der Waals surface area contributed by atoms with E-state index < -0.39 is 0 Å². The van der Waals surface area contributed by atoms with Crippen LogP contribution in [0.15, 0.2) is 24.3 Å². The Morgan fingerprint density at radius 2 is 2.11 bits per heavy atom. The molecule has 18 heavy (non-hydrogen) atoms. The van der Waals surface area contributed by atoms with Crippen LogP contribution in [0.25, 0.3) is 10.9 Å². The summed E-state index contributed by atoms with van der Waals surface area (Å²) in [6, 6.07) is 9.04. The third-order valence-corrected chi connectivity index (χ3v) is 4.34. The van der Waals surface area contributed by atoms with E-state index in [1.165, 1.54) is 36.8 Å². The Labute approximate surface area is 113 Å². The number of para-hydroxylation sites is 1. The van der Waals surface area contributed by atoms with E-state index in [2.05, 4.69) is 29.1 Å². The first-order valence-corrected chi connectivity index (χ1v) is 7.10. The summed E-state index contributed by atoms with van der Waals surface area (Å²) in [5.74, 6) is 0. The molecular formula is C15H19ClN2. The second-order valence-electron chi connectivity index (χ2n) is 5.23. The van der Waals surface area contributed by atoms with Gasteiger partial charge in [0.05, 0.1) is 10.5 Å². The molecule has 0 bridgehead atoms. The molecule has 1 aliphatic carbocycles. The second-order valence-corrected chi connectivity index (χ2v) is 5.64. The van der Waals surface area contributed by atoms with Crippen LogP contribution in [-0.4, -0.2) is 10.6 Å². The fourth-order valence-corrected chi connectivity index (χ4v) is 3.28. The molecular weight excluding hydrogens is 244 g/mol. The number of aryl methyl sites for hydroxylation is 1. The molecule has 1 saturated carbocycles. The Balaban J connectivity index is 1.83. The Hall–Kier alpha value is -0.990. The molecule has 3 heteroatoms. The lowest BCUT2D eigenvalue weighted by molar-refractivity contribution is 0.514. The summed E-state index contributed by atoms with van der Waals surface area (Å²) in [4.78, 5) is 0. The lowest BCUT2D eigenvalue weighted by Gasteiger charge is -2.12.